The highest BCUT2D eigenvalue weighted by molar-refractivity contribution is 6.31. The number of hydrogen-bond acceptors (Lipinski definition) is 3. The fourth-order valence-electron chi connectivity index (χ4n) is 4.40. The molecule has 1 aromatic heterocycles. The number of rotatable bonds is 4. The molecule has 1 atom stereocenters. The molecular formula is C27H21ClF3N3O2. The number of carbonyl (C=O) groups excluding carboxylic acids is 1. The number of aliphatic hydroxyl groups is 1. The summed E-state index contributed by atoms with van der Waals surface area (Å²) < 4.78 is 41.8. The third-order valence-corrected chi connectivity index (χ3v) is 6.27. The predicted octanol–water partition coefficient (Wildman–Crippen LogP) is 6.28. The van der Waals surface area contributed by atoms with Crippen LogP contribution in [-0.4, -0.2) is 28.2 Å². The summed E-state index contributed by atoms with van der Waals surface area (Å²) in [6.07, 6.45) is -1.76. The molecule has 0 bridgehead atoms. The van der Waals surface area contributed by atoms with Crippen molar-refractivity contribution in [1.29, 1.82) is 0 Å². The summed E-state index contributed by atoms with van der Waals surface area (Å²) in [5.41, 5.74) is 2.94. The predicted molar refractivity (Wildman–Crippen MR) is 136 cm³/mol. The van der Waals surface area contributed by atoms with E-state index in [2.05, 4.69) is 10.6 Å². The van der Waals surface area contributed by atoms with Gasteiger partial charge in [0.25, 0.3) is 0 Å². The fourth-order valence-corrected chi connectivity index (χ4v) is 4.58. The Morgan fingerprint density at radius 3 is 2.72 bits per heavy atom. The molecule has 5 rings (SSSR count). The van der Waals surface area contributed by atoms with E-state index < -0.39 is 23.8 Å². The Bertz CT molecular complexity index is 1490. The number of amides is 1. The summed E-state index contributed by atoms with van der Waals surface area (Å²) in [7, 11) is 0. The second kappa shape index (κ2) is 9.37. The summed E-state index contributed by atoms with van der Waals surface area (Å²) in [5.74, 6) is -0.414. The first-order chi connectivity index (χ1) is 17.2. The number of carbonyl (C=O) groups is 1. The van der Waals surface area contributed by atoms with Crippen molar-refractivity contribution in [2.75, 3.05) is 17.2 Å². The average molecular weight is 512 g/mol. The molecule has 2 heterocycles. The molecule has 1 aliphatic rings. The van der Waals surface area contributed by atoms with E-state index in [1.165, 1.54) is 12.1 Å². The van der Waals surface area contributed by atoms with Gasteiger partial charge < -0.3 is 20.3 Å². The van der Waals surface area contributed by atoms with Crippen LogP contribution in [0.25, 0.3) is 22.7 Å². The Hall–Kier alpha value is -3.75. The average Bonchev–Trinajstić information content (AvgIpc) is 3.20. The second-order valence-electron chi connectivity index (χ2n) is 8.55. The largest absolute Gasteiger partial charge is 0.416 e. The zero-order valence-electron chi connectivity index (χ0n) is 18.8. The number of fused-ring (bicyclic) bond motifs is 2. The Labute approximate surface area is 209 Å². The molecule has 3 N–H and O–H groups in total. The van der Waals surface area contributed by atoms with Crippen molar-refractivity contribution in [3.8, 4) is 5.69 Å². The highest BCUT2D eigenvalue weighted by atomic mass is 35.5. The molecule has 3 aromatic carbocycles. The minimum atomic E-state index is -4.49. The molecule has 0 saturated heterocycles. The molecule has 0 aliphatic carbocycles. The molecule has 0 saturated carbocycles. The van der Waals surface area contributed by atoms with Gasteiger partial charge in [0.1, 0.15) is 0 Å². The fraction of sp³-hybridized carbons (Fsp3) is 0.148. The first-order valence-electron chi connectivity index (χ1n) is 11.2. The lowest BCUT2D eigenvalue weighted by molar-refractivity contribution is -0.137. The molecule has 9 heteroatoms. The molecule has 0 spiro atoms. The SMILES string of the molecule is O=C(/C=C/c1cc2cc(Cl)ccc2n1-c1cccc(C(F)(F)F)c1)Nc1cccc2c1CC(O)CN2. The Morgan fingerprint density at radius 1 is 1.11 bits per heavy atom. The number of anilines is 2. The van der Waals surface area contributed by atoms with E-state index in [0.717, 1.165) is 28.8 Å². The van der Waals surface area contributed by atoms with E-state index in [1.54, 1.807) is 53.1 Å². The molecule has 0 fully saturated rings. The van der Waals surface area contributed by atoms with Gasteiger partial charge in [-0.15, -0.1) is 0 Å². The number of alkyl halides is 3. The van der Waals surface area contributed by atoms with Crippen molar-refractivity contribution in [2.45, 2.75) is 18.7 Å². The number of nitrogens with zero attached hydrogens (tertiary/aromatic N) is 1. The van der Waals surface area contributed by atoms with Crippen LogP contribution in [0, 0.1) is 0 Å². The molecule has 184 valence electrons. The van der Waals surface area contributed by atoms with E-state index in [9.17, 15) is 23.1 Å². The number of aliphatic hydroxyl groups excluding tert-OH is 1. The smallest absolute Gasteiger partial charge is 0.391 e. The van der Waals surface area contributed by atoms with Gasteiger partial charge in [-0.05, 0) is 60.7 Å². The van der Waals surface area contributed by atoms with Crippen molar-refractivity contribution < 1.29 is 23.1 Å². The molecule has 1 aliphatic heterocycles. The van der Waals surface area contributed by atoms with Gasteiger partial charge in [-0.25, -0.2) is 0 Å². The molecule has 5 nitrogen and oxygen atoms in total. The highest BCUT2D eigenvalue weighted by Gasteiger charge is 2.30. The maximum Gasteiger partial charge on any atom is 0.416 e. The standard InChI is InChI=1S/C27H21ClF3N3O2/c28-18-7-9-25-16(11-18)12-20(34(25)19-4-1-3-17(13-19)27(29,30)31)8-10-26(36)33-24-6-2-5-23-22(24)14-21(35)15-32-23/h1-13,21,32,35H,14-15H2,(H,33,36)/b10-8+. The topological polar surface area (TPSA) is 66.3 Å². The van der Waals surface area contributed by atoms with Crippen LogP contribution in [0.15, 0.2) is 72.8 Å². The number of nitrogens with one attached hydrogen (secondary N) is 2. The third-order valence-electron chi connectivity index (χ3n) is 6.03. The molecule has 1 unspecified atom stereocenters. The normalized spacial score (nSPS) is 15.6. The lowest BCUT2D eigenvalue weighted by Gasteiger charge is -2.24. The third kappa shape index (κ3) is 4.82. The van der Waals surface area contributed by atoms with Crippen molar-refractivity contribution in [3.05, 3.63) is 94.6 Å². The Kier molecular flexibility index (Phi) is 6.24. The Balaban J connectivity index is 1.50. The van der Waals surface area contributed by atoms with Crippen molar-refractivity contribution in [2.24, 2.45) is 0 Å². The summed E-state index contributed by atoms with van der Waals surface area (Å²) in [6, 6.07) is 17.3. The van der Waals surface area contributed by atoms with Crippen LogP contribution < -0.4 is 10.6 Å². The van der Waals surface area contributed by atoms with Gasteiger partial charge >= 0.3 is 6.18 Å². The van der Waals surface area contributed by atoms with E-state index in [1.807, 2.05) is 6.07 Å². The van der Waals surface area contributed by atoms with Gasteiger partial charge in [-0.1, -0.05) is 23.7 Å². The van der Waals surface area contributed by atoms with E-state index in [0.29, 0.717) is 40.6 Å². The summed E-state index contributed by atoms with van der Waals surface area (Å²) in [4.78, 5) is 12.8. The number of hydrogen-bond donors (Lipinski definition) is 3. The maximum absolute atomic E-state index is 13.4. The van der Waals surface area contributed by atoms with Gasteiger partial charge in [-0.3, -0.25) is 4.79 Å². The summed E-state index contributed by atoms with van der Waals surface area (Å²) in [6.45, 7) is 0.439. The van der Waals surface area contributed by atoms with E-state index >= 15 is 0 Å². The van der Waals surface area contributed by atoms with E-state index in [-0.39, 0.29) is 0 Å². The first-order valence-corrected chi connectivity index (χ1v) is 11.6. The van der Waals surface area contributed by atoms with Gasteiger partial charge in [-0.2, -0.15) is 13.2 Å². The van der Waals surface area contributed by atoms with Crippen LogP contribution >= 0.6 is 11.6 Å². The van der Waals surface area contributed by atoms with Crippen LogP contribution in [0.4, 0.5) is 24.5 Å². The monoisotopic (exact) mass is 511 g/mol. The molecule has 0 radical (unpaired) electrons. The molecule has 1 amide bonds. The lowest BCUT2D eigenvalue weighted by Crippen LogP contribution is -2.28. The number of halogens is 4. The number of aromatic nitrogens is 1. The van der Waals surface area contributed by atoms with E-state index in [4.69, 9.17) is 11.6 Å². The number of benzene rings is 3. The maximum atomic E-state index is 13.4. The van der Waals surface area contributed by atoms with Crippen molar-refractivity contribution >= 4 is 45.9 Å². The van der Waals surface area contributed by atoms with Gasteiger partial charge in [0.05, 0.1) is 17.2 Å². The van der Waals surface area contributed by atoms with Crippen LogP contribution in [0.2, 0.25) is 5.02 Å². The number of β-amino-alcohol motifs (C(OH)–C–C–N with tert-alkyl or cyclic N) is 1. The van der Waals surface area contributed by atoms with Crippen LogP contribution in [0.3, 0.4) is 0 Å². The molecule has 4 aromatic rings. The van der Waals surface area contributed by atoms with Crippen molar-refractivity contribution in [3.63, 3.8) is 0 Å². The van der Waals surface area contributed by atoms with Crippen LogP contribution in [0.5, 0.6) is 0 Å². The lowest BCUT2D eigenvalue weighted by atomic mass is 9.99. The minimum Gasteiger partial charge on any atom is -0.391 e. The minimum absolute atomic E-state index is 0.305. The van der Waals surface area contributed by atoms with Gasteiger partial charge in [0.2, 0.25) is 5.91 Å². The van der Waals surface area contributed by atoms with Crippen molar-refractivity contribution in [1.82, 2.24) is 4.57 Å². The quantitative estimate of drug-likeness (QED) is 0.282. The summed E-state index contributed by atoms with van der Waals surface area (Å²) in [5, 5.41) is 17.2. The van der Waals surface area contributed by atoms with Gasteiger partial charge in [0.15, 0.2) is 0 Å². The Morgan fingerprint density at radius 2 is 1.92 bits per heavy atom. The second-order valence-corrected chi connectivity index (χ2v) is 8.99. The first kappa shape index (κ1) is 24.0. The molecule has 36 heavy (non-hydrogen) atoms. The zero-order chi connectivity index (χ0) is 25.4. The van der Waals surface area contributed by atoms with Crippen LogP contribution in [0.1, 0.15) is 16.8 Å². The molecular weight excluding hydrogens is 491 g/mol. The summed E-state index contributed by atoms with van der Waals surface area (Å²) >= 11 is 6.13. The van der Waals surface area contributed by atoms with Gasteiger partial charge in [0, 0.05) is 57.8 Å². The highest BCUT2D eigenvalue weighted by Crippen LogP contribution is 2.33. The van der Waals surface area contributed by atoms with Crippen LogP contribution in [-0.2, 0) is 17.4 Å². The zero-order valence-corrected chi connectivity index (χ0v) is 19.6.